The van der Waals surface area contributed by atoms with Crippen molar-refractivity contribution in [2.24, 2.45) is 5.92 Å². The molecule has 6 nitrogen and oxygen atoms in total. The Balaban J connectivity index is 1.33. The van der Waals surface area contributed by atoms with E-state index in [9.17, 15) is 18.0 Å². The number of para-hydroxylation sites is 1. The molecule has 1 fully saturated rings. The second-order valence-corrected chi connectivity index (χ2v) is 9.41. The standard InChI is InChI=1S/C25H27ClF3N5O/c1-34(2)22-18-5-3-4-6-21(18)32-24(33-22)31-17-10-8-16(9-11-17)23(35)30-14-15-7-12-20(26)19(13-15)25(27,28)29/h3-7,12-13,16-17H,8-11,14H2,1-2H3,(H,30,35)(H,31,32,33). The van der Waals surface area contributed by atoms with Gasteiger partial charge in [-0.2, -0.15) is 18.2 Å². The van der Waals surface area contributed by atoms with E-state index in [1.807, 2.05) is 43.3 Å². The Labute approximate surface area is 206 Å². The van der Waals surface area contributed by atoms with Crippen molar-refractivity contribution in [2.75, 3.05) is 24.3 Å². The van der Waals surface area contributed by atoms with Crippen LogP contribution in [-0.4, -0.2) is 36.0 Å². The molecule has 0 unspecified atom stereocenters. The molecule has 2 aromatic carbocycles. The molecular formula is C25H27ClF3N5O. The number of amides is 1. The summed E-state index contributed by atoms with van der Waals surface area (Å²) in [7, 11) is 3.88. The topological polar surface area (TPSA) is 70.2 Å². The average molecular weight is 506 g/mol. The normalized spacial score (nSPS) is 18.3. The summed E-state index contributed by atoms with van der Waals surface area (Å²) in [6.07, 6.45) is -1.65. The maximum atomic E-state index is 13.1. The molecule has 1 aromatic heterocycles. The molecule has 0 spiro atoms. The zero-order valence-corrected chi connectivity index (χ0v) is 20.2. The van der Waals surface area contributed by atoms with Crippen LogP contribution in [0.5, 0.6) is 0 Å². The van der Waals surface area contributed by atoms with Gasteiger partial charge in [0, 0.05) is 38.0 Å². The molecule has 0 bridgehead atoms. The first-order valence-electron chi connectivity index (χ1n) is 11.5. The van der Waals surface area contributed by atoms with Crippen LogP contribution in [0.1, 0.15) is 36.8 Å². The summed E-state index contributed by atoms with van der Waals surface area (Å²) >= 11 is 5.67. The molecule has 1 heterocycles. The van der Waals surface area contributed by atoms with Crippen molar-refractivity contribution in [3.63, 3.8) is 0 Å². The van der Waals surface area contributed by atoms with Gasteiger partial charge in [-0.1, -0.05) is 29.8 Å². The van der Waals surface area contributed by atoms with Crippen molar-refractivity contribution in [1.29, 1.82) is 0 Å². The van der Waals surface area contributed by atoms with Gasteiger partial charge in [0.1, 0.15) is 5.82 Å². The number of carbonyl (C=O) groups excluding carboxylic acids is 1. The molecule has 3 aromatic rings. The second kappa shape index (κ2) is 10.3. The van der Waals surface area contributed by atoms with Crippen LogP contribution in [0.2, 0.25) is 5.02 Å². The summed E-state index contributed by atoms with van der Waals surface area (Å²) < 4.78 is 39.2. The van der Waals surface area contributed by atoms with Gasteiger partial charge >= 0.3 is 6.18 Å². The van der Waals surface area contributed by atoms with E-state index in [1.54, 1.807) is 0 Å². The summed E-state index contributed by atoms with van der Waals surface area (Å²) in [6, 6.07) is 11.7. The molecule has 186 valence electrons. The van der Waals surface area contributed by atoms with E-state index in [2.05, 4.69) is 20.6 Å². The molecular weight excluding hydrogens is 479 g/mol. The predicted octanol–water partition coefficient (Wildman–Crippen LogP) is 5.66. The predicted molar refractivity (Wildman–Crippen MR) is 132 cm³/mol. The van der Waals surface area contributed by atoms with Gasteiger partial charge in [0.15, 0.2) is 0 Å². The molecule has 0 aliphatic heterocycles. The average Bonchev–Trinajstić information content (AvgIpc) is 2.82. The molecule has 35 heavy (non-hydrogen) atoms. The van der Waals surface area contributed by atoms with Gasteiger partial charge in [-0.15, -0.1) is 0 Å². The van der Waals surface area contributed by atoms with E-state index in [0.29, 0.717) is 24.4 Å². The van der Waals surface area contributed by atoms with E-state index < -0.39 is 11.7 Å². The minimum Gasteiger partial charge on any atom is -0.362 e. The summed E-state index contributed by atoms with van der Waals surface area (Å²) in [5.74, 6) is 1.06. The van der Waals surface area contributed by atoms with E-state index in [-0.39, 0.29) is 29.4 Å². The molecule has 10 heteroatoms. The highest BCUT2D eigenvalue weighted by molar-refractivity contribution is 6.31. The minimum absolute atomic E-state index is 0.0233. The maximum absolute atomic E-state index is 13.1. The van der Waals surface area contributed by atoms with Gasteiger partial charge in [0.25, 0.3) is 0 Å². The van der Waals surface area contributed by atoms with Crippen LogP contribution in [0.25, 0.3) is 10.9 Å². The Morgan fingerprint density at radius 1 is 1.09 bits per heavy atom. The van der Waals surface area contributed by atoms with Crippen LogP contribution >= 0.6 is 11.6 Å². The fourth-order valence-corrected chi connectivity index (χ4v) is 4.61. The smallest absolute Gasteiger partial charge is 0.362 e. The number of hydrogen-bond donors (Lipinski definition) is 2. The Hall–Kier alpha value is -3.07. The Morgan fingerprint density at radius 2 is 1.80 bits per heavy atom. The maximum Gasteiger partial charge on any atom is 0.417 e. The first-order valence-corrected chi connectivity index (χ1v) is 11.8. The fraction of sp³-hybridized carbons (Fsp3) is 0.400. The first kappa shape index (κ1) is 25.0. The Morgan fingerprint density at radius 3 is 2.49 bits per heavy atom. The molecule has 1 aliphatic rings. The summed E-state index contributed by atoms with van der Waals surface area (Å²) in [4.78, 5) is 23.9. The van der Waals surface area contributed by atoms with Crippen LogP contribution in [0.15, 0.2) is 42.5 Å². The third-order valence-corrected chi connectivity index (χ3v) is 6.57. The zero-order valence-electron chi connectivity index (χ0n) is 19.5. The summed E-state index contributed by atoms with van der Waals surface area (Å²) in [5.41, 5.74) is 0.319. The van der Waals surface area contributed by atoms with E-state index in [1.165, 1.54) is 12.1 Å². The number of nitrogens with zero attached hydrogens (tertiary/aromatic N) is 3. The van der Waals surface area contributed by atoms with E-state index >= 15 is 0 Å². The SMILES string of the molecule is CN(C)c1nc(NC2CCC(C(=O)NCc3ccc(Cl)c(C(F)(F)F)c3)CC2)nc2ccccc12. The summed E-state index contributed by atoms with van der Waals surface area (Å²) in [6.45, 7) is 0.0233. The van der Waals surface area contributed by atoms with Crippen molar-refractivity contribution in [3.8, 4) is 0 Å². The molecule has 1 amide bonds. The molecule has 2 N–H and O–H groups in total. The fourth-order valence-electron chi connectivity index (χ4n) is 4.38. The molecule has 1 aliphatic carbocycles. The summed E-state index contributed by atoms with van der Waals surface area (Å²) in [5, 5.41) is 6.81. The van der Waals surface area contributed by atoms with Gasteiger partial charge in [-0.3, -0.25) is 4.79 Å². The molecule has 0 radical (unpaired) electrons. The zero-order chi connectivity index (χ0) is 25.2. The number of aromatic nitrogens is 2. The van der Waals surface area contributed by atoms with Gasteiger partial charge in [-0.25, -0.2) is 4.98 Å². The lowest BCUT2D eigenvalue weighted by atomic mass is 9.85. The van der Waals surface area contributed by atoms with E-state index in [4.69, 9.17) is 11.6 Å². The number of benzene rings is 2. The number of alkyl halides is 3. The third kappa shape index (κ3) is 5.96. The van der Waals surface area contributed by atoms with Crippen molar-refractivity contribution < 1.29 is 18.0 Å². The lowest BCUT2D eigenvalue weighted by molar-refractivity contribution is -0.137. The van der Waals surface area contributed by atoms with Crippen molar-refractivity contribution in [3.05, 3.63) is 58.6 Å². The molecule has 1 saturated carbocycles. The first-order chi connectivity index (χ1) is 16.6. The minimum atomic E-state index is -4.54. The number of halogens is 4. The van der Waals surface area contributed by atoms with Crippen molar-refractivity contribution >= 4 is 40.2 Å². The third-order valence-electron chi connectivity index (χ3n) is 6.24. The van der Waals surface area contributed by atoms with E-state index in [0.717, 1.165) is 35.6 Å². The molecule has 4 rings (SSSR count). The van der Waals surface area contributed by atoms with Crippen LogP contribution in [0.4, 0.5) is 24.9 Å². The second-order valence-electron chi connectivity index (χ2n) is 9.01. The van der Waals surface area contributed by atoms with Crippen LogP contribution in [-0.2, 0) is 17.5 Å². The van der Waals surface area contributed by atoms with Crippen LogP contribution < -0.4 is 15.5 Å². The number of hydrogen-bond acceptors (Lipinski definition) is 5. The highest BCUT2D eigenvalue weighted by Gasteiger charge is 2.33. The van der Waals surface area contributed by atoms with Crippen LogP contribution in [0, 0.1) is 5.92 Å². The number of anilines is 2. The Kier molecular flexibility index (Phi) is 7.35. The quantitative estimate of drug-likeness (QED) is 0.452. The van der Waals surface area contributed by atoms with Gasteiger partial charge in [0.05, 0.1) is 16.1 Å². The molecule has 0 atom stereocenters. The van der Waals surface area contributed by atoms with Crippen molar-refractivity contribution in [1.82, 2.24) is 15.3 Å². The van der Waals surface area contributed by atoms with Crippen LogP contribution in [0.3, 0.4) is 0 Å². The number of rotatable bonds is 6. The van der Waals surface area contributed by atoms with Gasteiger partial charge in [0.2, 0.25) is 11.9 Å². The Bertz CT molecular complexity index is 1210. The number of carbonyl (C=O) groups is 1. The van der Waals surface area contributed by atoms with Gasteiger partial charge in [-0.05, 0) is 55.5 Å². The highest BCUT2D eigenvalue weighted by atomic mass is 35.5. The lowest BCUT2D eigenvalue weighted by Gasteiger charge is -2.28. The highest BCUT2D eigenvalue weighted by Crippen LogP contribution is 2.35. The largest absolute Gasteiger partial charge is 0.417 e. The number of nitrogens with one attached hydrogen (secondary N) is 2. The van der Waals surface area contributed by atoms with Gasteiger partial charge < -0.3 is 15.5 Å². The molecule has 0 saturated heterocycles. The monoisotopic (exact) mass is 505 g/mol. The van der Waals surface area contributed by atoms with Crippen molar-refractivity contribution in [2.45, 2.75) is 44.4 Å². The lowest BCUT2D eigenvalue weighted by Crippen LogP contribution is -2.36. The number of fused-ring (bicyclic) bond motifs is 1.